The van der Waals surface area contributed by atoms with Crippen LogP contribution in [-0.2, 0) is 95.7 Å². The van der Waals surface area contributed by atoms with Gasteiger partial charge in [-0.05, 0) is 60.1 Å². The normalized spacial score (nSPS) is 21.9. The second-order valence-corrected chi connectivity index (χ2v) is 20.9. The molecular weight excluding hydrogens is 986 g/mol. The molecule has 0 bridgehead atoms. The number of nitrogens with one attached hydrogen (secondary N) is 1. The Morgan fingerprint density at radius 3 is 1.29 bits per heavy atom. The van der Waals surface area contributed by atoms with E-state index >= 15 is 4.57 Å². The molecule has 1 amide bonds. The second-order valence-electron chi connectivity index (χ2n) is 19.3. The summed E-state index contributed by atoms with van der Waals surface area (Å²) < 4.78 is 88.1. The number of carbonyl (C=O) groups excluding carboxylic acids is 1. The first kappa shape index (κ1) is 56.6. The molecule has 1 unspecified atom stereocenters. The van der Waals surface area contributed by atoms with Gasteiger partial charge in [0.2, 0.25) is 0 Å². The number of rotatable bonds is 30. The molecular formula is C61H72NO13P. The van der Waals surface area contributed by atoms with E-state index in [4.69, 9.17) is 51.5 Å². The maximum absolute atomic E-state index is 15.7. The quantitative estimate of drug-likeness (QED) is 0.0337. The van der Waals surface area contributed by atoms with E-state index in [9.17, 15) is 4.79 Å². The summed E-state index contributed by atoms with van der Waals surface area (Å²) in [5, 5.41) is 2.86. The SMILES string of the molecule is CC1(C)OC[C@H](COP(=O)(OCc2ccccc2)O[C@@H]2[C@H](OCCCCCCNC(=O)OCc3ccccc3)[C@H](OCc3ccccc3)[C@@H](OCc3ccccc3)[C@H](OCc3ccccc3)[C@H]2OCc2ccccc2)O1. The number of unbranched alkanes of at least 4 members (excludes halogenated alkanes) is 3. The molecule has 404 valence electrons. The average Bonchev–Trinajstić information content (AvgIpc) is 3.83. The molecule has 1 aliphatic heterocycles. The van der Waals surface area contributed by atoms with E-state index in [2.05, 4.69) is 5.32 Å². The minimum atomic E-state index is -4.59. The summed E-state index contributed by atoms with van der Waals surface area (Å²) in [6.45, 7) is 5.21. The molecule has 1 heterocycles. The van der Waals surface area contributed by atoms with Gasteiger partial charge in [0.25, 0.3) is 0 Å². The van der Waals surface area contributed by atoms with Crippen LogP contribution in [0.15, 0.2) is 182 Å². The Labute approximate surface area is 447 Å². The summed E-state index contributed by atoms with van der Waals surface area (Å²) in [7, 11) is -4.59. The first-order valence-corrected chi connectivity index (χ1v) is 27.8. The van der Waals surface area contributed by atoms with Crippen molar-refractivity contribution in [2.75, 3.05) is 26.4 Å². The smallest absolute Gasteiger partial charge is 0.445 e. The fourth-order valence-electron chi connectivity index (χ4n) is 9.02. The van der Waals surface area contributed by atoms with Crippen molar-refractivity contribution in [3.05, 3.63) is 215 Å². The molecule has 1 saturated carbocycles. The zero-order valence-electron chi connectivity index (χ0n) is 43.5. The van der Waals surface area contributed by atoms with Gasteiger partial charge >= 0.3 is 13.9 Å². The minimum absolute atomic E-state index is 0.0935. The summed E-state index contributed by atoms with van der Waals surface area (Å²) in [4.78, 5) is 12.5. The lowest BCUT2D eigenvalue weighted by Gasteiger charge is -2.50. The molecule has 15 heteroatoms. The maximum atomic E-state index is 15.7. The van der Waals surface area contributed by atoms with Gasteiger partial charge in [-0.2, -0.15) is 0 Å². The highest BCUT2D eigenvalue weighted by Gasteiger charge is 2.57. The van der Waals surface area contributed by atoms with Crippen LogP contribution in [0.1, 0.15) is 72.9 Å². The minimum Gasteiger partial charge on any atom is -0.445 e. The lowest BCUT2D eigenvalue weighted by Crippen LogP contribution is -2.67. The Morgan fingerprint density at radius 2 is 0.868 bits per heavy atom. The van der Waals surface area contributed by atoms with Crippen LogP contribution in [0.2, 0.25) is 0 Å². The van der Waals surface area contributed by atoms with Gasteiger partial charge in [-0.25, -0.2) is 9.36 Å². The second kappa shape index (κ2) is 29.8. The van der Waals surface area contributed by atoms with E-state index in [1.807, 2.05) is 196 Å². The van der Waals surface area contributed by atoms with Gasteiger partial charge in [-0.1, -0.05) is 195 Å². The van der Waals surface area contributed by atoms with E-state index < -0.39 is 62.4 Å². The van der Waals surface area contributed by atoms with Crippen LogP contribution in [0.4, 0.5) is 4.79 Å². The number of carbonyl (C=O) groups is 1. The third kappa shape index (κ3) is 18.3. The molecule has 76 heavy (non-hydrogen) atoms. The van der Waals surface area contributed by atoms with E-state index in [0.29, 0.717) is 13.0 Å². The molecule has 6 aromatic carbocycles. The molecule has 2 aliphatic rings. The molecule has 2 fully saturated rings. The molecule has 14 nitrogen and oxygen atoms in total. The first-order chi connectivity index (χ1) is 37.2. The topological polar surface area (TPSA) is 148 Å². The van der Waals surface area contributed by atoms with E-state index in [-0.39, 0.29) is 59.5 Å². The molecule has 0 spiro atoms. The zero-order chi connectivity index (χ0) is 52.7. The molecule has 1 saturated heterocycles. The van der Waals surface area contributed by atoms with Crippen LogP contribution in [0.25, 0.3) is 0 Å². The largest absolute Gasteiger partial charge is 0.475 e. The summed E-state index contributed by atoms with van der Waals surface area (Å²) in [6, 6.07) is 58.5. The monoisotopic (exact) mass is 1060 g/mol. The Kier molecular flexibility index (Phi) is 22.2. The van der Waals surface area contributed by atoms with Crippen molar-refractivity contribution >= 4 is 13.9 Å². The van der Waals surface area contributed by atoms with Gasteiger partial charge in [-0.3, -0.25) is 13.6 Å². The van der Waals surface area contributed by atoms with Gasteiger partial charge in [0, 0.05) is 13.2 Å². The molecule has 1 N–H and O–H groups in total. The standard InChI is InChI=1S/C61H72NO13P/c1-61(2)71-45-53(74-61)46-73-76(64,72-44-52-35-21-10-22-36-52)75-59-57(65-38-24-4-3-23-37-62-60(63)70-43-51-33-19-9-20-34-51)55(67-40-48-27-13-6-14-28-48)54(66-39-47-25-11-5-12-26-47)56(68-41-49-29-15-7-16-30-49)58(59)69-42-50-31-17-8-18-32-50/h5-22,25-36,53-59H,3-4,23-24,37-46H2,1-2H3,(H,62,63)/t53-,54-,55-,56+,57-,58-,59-,76?/m1/s1. The molecule has 8 atom stereocenters. The van der Waals surface area contributed by atoms with E-state index in [1.54, 1.807) is 0 Å². The van der Waals surface area contributed by atoms with Crippen molar-refractivity contribution in [2.45, 2.75) is 128 Å². The number of phosphoric acid groups is 1. The van der Waals surface area contributed by atoms with Gasteiger partial charge < -0.3 is 43.2 Å². The lowest BCUT2D eigenvalue weighted by atomic mass is 9.83. The van der Waals surface area contributed by atoms with Crippen molar-refractivity contribution in [3.63, 3.8) is 0 Å². The molecule has 0 aromatic heterocycles. The number of alkyl carbamates (subject to hydrolysis) is 1. The Morgan fingerprint density at radius 1 is 0.487 bits per heavy atom. The van der Waals surface area contributed by atoms with Crippen LogP contribution in [0.3, 0.4) is 0 Å². The van der Waals surface area contributed by atoms with Crippen LogP contribution < -0.4 is 5.32 Å². The Bertz CT molecular complexity index is 2600. The predicted octanol–water partition coefficient (Wildman–Crippen LogP) is 12.1. The summed E-state index contributed by atoms with van der Waals surface area (Å²) in [5.41, 5.74) is 5.35. The van der Waals surface area contributed by atoms with Crippen molar-refractivity contribution in [2.24, 2.45) is 0 Å². The van der Waals surface area contributed by atoms with Gasteiger partial charge in [-0.15, -0.1) is 0 Å². The maximum Gasteiger partial charge on any atom is 0.475 e. The third-order valence-corrected chi connectivity index (χ3v) is 14.3. The average molecular weight is 1060 g/mol. The van der Waals surface area contributed by atoms with Crippen molar-refractivity contribution < 1.29 is 60.8 Å². The van der Waals surface area contributed by atoms with E-state index in [0.717, 1.165) is 52.6 Å². The number of hydrogen-bond acceptors (Lipinski definition) is 13. The van der Waals surface area contributed by atoms with Crippen LogP contribution in [-0.4, -0.2) is 81.0 Å². The van der Waals surface area contributed by atoms with Crippen molar-refractivity contribution in [1.82, 2.24) is 5.32 Å². The van der Waals surface area contributed by atoms with Crippen LogP contribution >= 0.6 is 7.82 Å². The first-order valence-electron chi connectivity index (χ1n) is 26.3. The number of phosphoric ester groups is 1. The Hall–Kier alpha value is -5.58. The third-order valence-electron chi connectivity index (χ3n) is 12.9. The molecule has 8 rings (SSSR count). The van der Waals surface area contributed by atoms with Gasteiger partial charge in [0.05, 0.1) is 46.2 Å². The molecule has 6 aromatic rings. The molecule has 0 radical (unpaired) electrons. The Balaban J connectivity index is 1.12. The number of hydrogen-bond donors (Lipinski definition) is 1. The predicted molar refractivity (Wildman–Crippen MR) is 287 cm³/mol. The van der Waals surface area contributed by atoms with Crippen LogP contribution in [0.5, 0.6) is 0 Å². The van der Waals surface area contributed by atoms with E-state index in [1.165, 1.54) is 0 Å². The highest BCUT2D eigenvalue weighted by molar-refractivity contribution is 7.48. The zero-order valence-corrected chi connectivity index (χ0v) is 44.4. The fourth-order valence-corrected chi connectivity index (χ4v) is 10.4. The molecule has 1 aliphatic carbocycles. The summed E-state index contributed by atoms with van der Waals surface area (Å²) in [6.07, 6.45) is -3.91. The number of amides is 1. The lowest BCUT2D eigenvalue weighted by molar-refractivity contribution is -0.279. The highest BCUT2D eigenvalue weighted by Crippen LogP contribution is 2.54. The van der Waals surface area contributed by atoms with Crippen molar-refractivity contribution in [3.8, 4) is 0 Å². The summed E-state index contributed by atoms with van der Waals surface area (Å²) >= 11 is 0. The van der Waals surface area contributed by atoms with Crippen LogP contribution in [0, 0.1) is 0 Å². The van der Waals surface area contributed by atoms with Crippen molar-refractivity contribution in [1.29, 1.82) is 0 Å². The number of ether oxygens (including phenoxy) is 8. The van der Waals surface area contributed by atoms with Gasteiger partial charge in [0.15, 0.2) is 5.79 Å². The van der Waals surface area contributed by atoms with Gasteiger partial charge in [0.1, 0.15) is 49.3 Å². The highest BCUT2D eigenvalue weighted by atomic mass is 31.2. The summed E-state index contributed by atoms with van der Waals surface area (Å²) in [5.74, 6) is -0.866. The fraction of sp³-hybridized carbons (Fsp3) is 0.393. The number of benzene rings is 6.